The molecule has 0 amide bonds. The summed E-state index contributed by atoms with van der Waals surface area (Å²) in [6, 6.07) is 8.34. The molecule has 0 saturated heterocycles. The van der Waals surface area contributed by atoms with Crippen molar-refractivity contribution in [3.8, 4) is 0 Å². The van der Waals surface area contributed by atoms with E-state index in [9.17, 15) is 4.79 Å². The van der Waals surface area contributed by atoms with Crippen LogP contribution in [0, 0.1) is 0 Å². The Labute approximate surface area is 112 Å². The van der Waals surface area contributed by atoms with E-state index in [-0.39, 0.29) is 6.04 Å². The zero-order valence-electron chi connectivity index (χ0n) is 10.9. The zero-order chi connectivity index (χ0) is 13.0. The maximum Gasteiger partial charge on any atom is 0.149 e. The molecule has 0 aliphatic heterocycles. The number of Topliss-reactive ketones (excluding diaryl/α,β-unsaturated/α-hetero) is 1. The molecule has 1 aromatic heterocycles. The molecule has 2 nitrogen and oxygen atoms in total. The van der Waals surface area contributed by atoms with Crippen LogP contribution in [-0.4, -0.2) is 18.4 Å². The van der Waals surface area contributed by atoms with E-state index in [1.165, 1.54) is 15.6 Å². The van der Waals surface area contributed by atoms with Gasteiger partial charge in [0.05, 0.1) is 6.04 Å². The summed E-state index contributed by atoms with van der Waals surface area (Å²) in [4.78, 5) is 11.9. The predicted octanol–water partition coefficient (Wildman–Crippen LogP) is 3.40. The lowest BCUT2D eigenvalue weighted by atomic mass is 10.0. The highest BCUT2D eigenvalue weighted by molar-refractivity contribution is 7.17. The Hall–Kier alpha value is -1.19. The van der Waals surface area contributed by atoms with Crippen LogP contribution in [0.1, 0.15) is 25.8 Å². The molecule has 18 heavy (non-hydrogen) atoms. The Morgan fingerprint density at radius 2 is 2.11 bits per heavy atom. The largest absolute Gasteiger partial charge is 0.307 e. The molecule has 1 N–H and O–H groups in total. The summed E-state index contributed by atoms with van der Waals surface area (Å²) in [5, 5.41) is 6.76. The lowest BCUT2D eigenvalue weighted by Gasteiger charge is -2.15. The molecular weight excluding hydrogens is 242 g/mol. The van der Waals surface area contributed by atoms with Crippen LogP contribution in [0.5, 0.6) is 0 Å². The topological polar surface area (TPSA) is 29.1 Å². The first-order valence-electron chi connectivity index (χ1n) is 6.47. The van der Waals surface area contributed by atoms with Gasteiger partial charge in [0, 0.05) is 11.1 Å². The molecule has 3 heteroatoms. The molecule has 2 rings (SSSR count). The lowest BCUT2D eigenvalue weighted by molar-refractivity contribution is -0.120. The van der Waals surface area contributed by atoms with Crippen LogP contribution in [-0.2, 0) is 11.2 Å². The molecule has 1 heterocycles. The lowest BCUT2D eigenvalue weighted by Crippen LogP contribution is -2.38. The van der Waals surface area contributed by atoms with Crippen molar-refractivity contribution in [1.82, 2.24) is 5.32 Å². The van der Waals surface area contributed by atoms with Crippen LogP contribution in [0.25, 0.3) is 10.1 Å². The van der Waals surface area contributed by atoms with Crippen LogP contribution < -0.4 is 5.32 Å². The average Bonchev–Trinajstić information content (AvgIpc) is 2.81. The van der Waals surface area contributed by atoms with Gasteiger partial charge in [-0.15, -0.1) is 11.3 Å². The quantitative estimate of drug-likeness (QED) is 0.863. The Morgan fingerprint density at radius 1 is 1.33 bits per heavy atom. The van der Waals surface area contributed by atoms with E-state index in [4.69, 9.17) is 0 Å². The van der Waals surface area contributed by atoms with Crippen molar-refractivity contribution < 1.29 is 4.79 Å². The number of ketones is 1. The summed E-state index contributed by atoms with van der Waals surface area (Å²) in [6.07, 6.45) is 1.39. The van der Waals surface area contributed by atoms with E-state index >= 15 is 0 Å². The van der Waals surface area contributed by atoms with Crippen molar-refractivity contribution in [2.45, 2.75) is 32.7 Å². The minimum absolute atomic E-state index is 0.0435. The summed E-state index contributed by atoms with van der Waals surface area (Å²) in [7, 11) is 0. The number of rotatable bonds is 6. The monoisotopic (exact) mass is 261 g/mol. The highest BCUT2D eigenvalue weighted by atomic mass is 32.1. The zero-order valence-corrected chi connectivity index (χ0v) is 11.7. The first-order valence-corrected chi connectivity index (χ1v) is 7.35. The van der Waals surface area contributed by atoms with Crippen LogP contribution in [0.2, 0.25) is 0 Å². The maximum absolute atomic E-state index is 11.9. The molecule has 0 aliphatic rings. The molecule has 0 unspecified atom stereocenters. The summed E-state index contributed by atoms with van der Waals surface area (Å²) in [5.41, 5.74) is 1.28. The Bertz CT molecular complexity index is 532. The molecule has 1 aromatic carbocycles. The second-order valence-corrected chi connectivity index (χ2v) is 5.30. The Kier molecular flexibility index (Phi) is 4.50. The second-order valence-electron chi connectivity index (χ2n) is 4.39. The number of fused-ring (bicyclic) bond motifs is 1. The Balaban J connectivity index is 2.23. The summed E-state index contributed by atoms with van der Waals surface area (Å²) < 4.78 is 1.30. The Morgan fingerprint density at radius 3 is 2.83 bits per heavy atom. The van der Waals surface area contributed by atoms with Crippen LogP contribution >= 0.6 is 11.3 Å². The minimum atomic E-state index is -0.0435. The standard InChI is InChI=1S/C15H19NOS/c1-3-14(17)13(16-4-2)9-11-10-18-15-8-6-5-7-12(11)15/h5-8,10,13,16H,3-4,9H2,1-2H3/t13-/m1/s1. The summed E-state index contributed by atoms with van der Waals surface area (Å²) >= 11 is 1.75. The molecule has 0 spiro atoms. The normalized spacial score (nSPS) is 12.8. The first-order chi connectivity index (χ1) is 8.76. The number of likely N-dealkylation sites (N-methyl/N-ethyl adjacent to an activating group) is 1. The number of hydrogen-bond acceptors (Lipinski definition) is 3. The van der Waals surface area contributed by atoms with E-state index < -0.39 is 0 Å². The predicted molar refractivity (Wildman–Crippen MR) is 78.3 cm³/mol. The van der Waals surface area contributed by atoms with Gasteiger partial charge in [-0.25, -0.2) is 0 Å². The van der Waals surface area contributed by atoms with Gasteiger partial charge in [0.2, 0.25) is 0 Å². The third-order valence-electron chi connectivity index (χ3n) is 3.17. The molecule has 2 aromatic rings. The highest BCUT2D eigenvalue weighted by Gasteiger charge is 2.17. The number of hydrogen-bond donors (Lipinski definition) is 1. The molecule has 96 valence electrons. The molecule has 0 fully saturated rings. The van der Waals surface area contributed by atoms with Crippen LogP contribution in [0.3, 0.4) is 0 Å². The molecular formula is C15H19NOS. The number of carbonyl (C=O) groups is 1. The van der Waals surface area contributed by atoms with Crippen molar-refractivity contribution in [1.29, 1.82) is 0 Å². The van der Waals surface area contributed by atoms with Gasteiger partial charge in [-0.2, -0.15) is 0 Å². The molecule has 0 saturated carbocycles. The van der Waals surface area contributed by atoms with Crippen LogP contribution in [0.15, 0.2) is 29.6 Å². The van der Waals surface area contributed by atoms with Crippen molar-refractivity contribution in [2.24, 2.45) is 0 Å². The van der Waals surface area contributed by atoms with Gasteiger partial charge in [0.25, 0.3) is 0 Å². The molecule has 0 aliphatic carbocycles. The van der Waals surface area contributed by atoms with Gasteiger partial charge in [-0.05, 0) is 35.4 Å². The van der Waals surface area contributed by atoms with Gasteiger partial charge >= 0.3 is 0 Å². The van der Waals surface area contributed by atoms with Crippen molar-refractivity contribution >= 4 is 27.2 Å². The van der Waals surface area contributed by atoms with Gasteiger partial charge in [-0.3, -0.25) is 4.79 Å². The smallest absolute Gasteiger partial charge is 0.149 e. The van der Waals surface area contributed by atoms with Crippen LogP contribution in [0.4, 0.5) is 0 Å². The minimum Gasteiger partial charge on any atom is -0.307 e. The fourth-order valence-corrected chi connectivity index (χ4v) is 3.18. The highest BCUT2D eigenvalue weighted by Crippen LogP contribution is 2.26. The van der Waals surface area contributed by atoms with E-state index in [2.05, 4.69) is 35.0 Å². The molecule has 0 radical (unpaired) electrons. The van der Waals surface area contributed by atoms with E-state index in [0.29, 0.717) is 12.2 Å². The average molecular weight is 261 g/mol. The van der Waals surface area contributed by atoms with Gasteiger partial charge < -0.3 is 5.32 Å². The van der Waals surface area contributed by atoms with E-state index in [1.54, 1.807) is 11.3 Å². The van der Waals surface area contributed by atoms with Gasteiger partial charge in [0.15, 0.2) is 0 Å². The number of nitrogens with one attached hydrogen (secondary N) is 1. The second kappa shape index (κ2) is 6.12. The number of carbonyl (C=O) groups excluding carboxylic acids is 1. The number of thiophene rings is 1. The molecule has 0 bridgehead atoms. The first kappa shape index (κ1) is 13.2. The third-order valence-corrected chi connectivity index (χ3v) is 4.19. The van der Waals surface area contributed by atoms with Crippen molar-refractivity contribution in [3.63, 3.8) is 0 Å². The number of benzene rings is 1. The summed E-state index contributed by atoms with van der Waals surface area (Å²) in [5.74, 6) is 0.298. The van der Waals surface area contributed by atoms with E-state index in [0.717, 1.165) is 13.0 Å². The van der Waals surface area contributed by atoms with Gasteiger partial charge in [0.1, 0.15) is 5.78 Å². The maximum atomic E-state index is 11.9. The summed E-state index contributed by atoms with van der Waals surface area (Å²) in [6.45, 7) is 4.80. The SMILES string of the molecule is CCN[C@H](Cc1csc2ccccc12)C(=O)CC. The van der Waals surface area contributed by atoms with Crippen molar-refractivity contribution in [3.05, 3.63) is 35.2 Å². The third kappa shape index (κ3) is 2.79. The van der Waals surface area contributed by atoms with E-state index in [1.807, 2.05) is 13.8 Å². The molecule has 1 atom stereocenters. The van der Waals surface area contributed by atoms with Gasteiger partial charge in [-0.1, -0.05) is 32.0 Å². The fourth-order valence-electron chi connectivity index (χ4n) is 2.20. The fraction of sp³-hybridized carbons (Fsp3) is 0.400. The van der Waals surface area contributed by atoms with Crippen molar-refractivity contribution in [2.75, 3.05) is 6.54 Å².